The maximum atomic E-state index is 8.42. The van der Waals surface area contributed by atoms with Gasteiger partial charge in [-0.1, -0.05) is 54.1 Å². The Bertz CT molecular complexity index is 948. The number of benzene rings is 2. The summed E-state index contributed by atoms with van der Waals surface area (Å²) in [5, 5.41) is 11.5. The Morgan fingerprint density at radius 1 is 0.971 bits per heavy atom. The van der Waals surface area contributed by atoms with Gasteiger partial charge in [-0.15, -0.1) is 0 Å². The summed E-state index contributed by atoms with van der Waals surface area (Å²) in [4.78, 5) is 4.94. The van der Waals surface area contributed by atoms with E-state index < -0.39 is 0 Å². The van der Waals surface area contributed by atoms with Gasteiger partial charge in [0.25, 0.3) is 0 Å². The number of hydrogen-bond donors (Lipinski definition) is 2. The number of nitrogens with zero attached hydrogens (tertiary/aromatic N) is 3. The molecule has 5 rings (SSSR count). The SMILES string of the molecule is Cc1ccc(-c2ccc(CN3CCN(C)CC3)cc2)cc1.N#CCNCC1(N)CC2CCC(C1)O2. The van der Waals surface area contributed by atoms with Crippen LogP contribution in [0.3, 0.4) is 0 Å². The minimum absolute atomic E-state index is 0.152. The van der Waals surface area contributed by atoms with Crippen LogP contribution >= 0.6 is 0 Å². The maximum Gasteiger partial charge on any atom is 0.0841 e. The van der Waals surface area contributed by atoms with Crippen molar-refractivity contribution in [1.82, 2.24) is 15.1 Å². The second-order valence-corrected chi connectivity index (χ2v) is 10.6. The van der Waals surface area contributed by atoms with Crippen LogP contribution in [0.2, 0.25) is 0 Å². The molecule has 2 atom stereocenters. The molecule has 3 heterocycles. The predicted molar refractivity (Wildman–Crippen MR) is 142 cm³/mol. The fourth-order valence-electron chi connectivity index (χ4n) is 5.40. The topological polar surface area (TPSA) is 77.5 Å². The van der Waals surface area contributed by atoms with Gasteiger partial charge in [0.15, 0.2) is 0 Å². The van der Waals surface area contributed by atoms with Crippen LogP contribution in [0.25, 0.3) is 11.1 Å². The fraction of sp³-hybridized carbons (Fsp3) is 0.552. The third-order valence-electron chi connectivity index (χ3n) is 7.49. The minimum Gasteiger partial charge on any atom is -0.375 e. The van der Waals surface area contributed by atoms with Crippen LogP contribution < -0.4 is 11.1 Å². The number of piperazine rings is 1. The molecule has 6 heteroatoms. The van der Waals surface area contributed by atoms with Crippen molar-refractivity contribution in [2.24, 2.45) is 5.73 Å². The summed E-state index contributed by atoms with van der Waals surface area (Å²) in [6.45, 7) is 9.03. The number of nitriles is 1. The molecule has 0 radical (unpaired) electrons. The largest absolute Gasteiger partial charge is 0.375 e. The van der Waals surface area contributed by atoms with Gasteiger partial charge >= 0.3 is 0 Å². The van der Waals surface area contributed by atoms with Gasteiger partial charge in [-0.3, -0.25) is 4.90 Å². The van der Waals surface area contributed by atoms with Gasteiger partial charge in [-0.05, 0) is 56.3 Å². The van der Waals surface area contributed by atoms with Crippen LogP contribution in [0.4, 0.5) is 0 Å². The van der Waals surface area contributed by atoms with Crippen molar-refractivity contribution in [3.8, 4) is 17.2 Å². The molecule has 0 aromatic heterocycles. The van der Waals surface area contributed by atoms with E-state index in [1.165, 1.54) is 48.4 Å². The van der Waals surface area contributed by atoms with E-state index in [9.17, 15) is 0 Å². The minimum atomic E-state index is -0.152. The van der Waals surface area contributed by atoms with E-state index in [1.54, 1.807) is 0 Å². The molecule has 0 spiro atoms. The van der Waals surface area contributed by atoms with E-state index >= 15 is 0 Å². The van der Waals surface area contributed by atoms with Crippen molar-refractivity contribution in [3.63, 3.8) is 0 Å². The molecule has 2 aromatic carbocycles. The summed E-state index contributed by atoms with van der Waals surface area (Å²) >= 11 is 0. The van der Waals surface area contributed by atoms with E-state index in [-0.39, 0.29) is 5.54 Å². The molecule has 3 aliphatic rings. The number of nitrogens with one attached hydrogen (secondary N) is 1. The Morgan fingerprint density at radius 2 is 1.54 bits per heavy atom. The second-order valence-electron chi connectivity index (χ2n) is 10.6. The molecule has 0 aliphatic carbocycles. The summed E-state index contributed by atoms with van der Waals surface area (Å²) in [6, 6.07) is 19.8. The van der Waals surface area contributed by atoms with Gasteiger partial charge in [-0.25, -0.2) is 0 Å². The van der Waals surface area contributed by atoms with Gasteiger partial charge in [-0.2, -0.15) is 5.26 Å². The van der Waals surface area contributed by atoms with Crippen LogP contribution in [0, 0.1) is 18.3 Å². The van der Waals surface area contributed by atoms with E-state index in [4.69, 9.17) is 15.7 Å². The second kappa shape index (κ2) is 12.1. The molecule has 2 unspecified atom stereocenters. The number of nitrogens with two attached hydrogens (primary N) is 1. The molecule has 3 N–H and O–H groups in total. The lowest BCUT2D eigenvalue weighted by atomic mass is 9.87. The van der Waals surface area contributed by atoms with Crippen LogP contribution in [0.1, 0.15) is 36.8 Å². The highest BCUT2D eigenvalue weighted by molar-refractivity contribution is 5.63. The van der Waals surface area contributed by atoms with E-state index in [1.807, 2.05) is 0 Å². The summed E-state index contributed by atoms with van der Waals surface area (Å²) < 4.78 is 5.73. The molecule has 35 heavy (non-hydrogen) atoms. The van der Waals surface area contributed by atoms with Crippen molar-refractivity contribution >= 4 is 0 Å². The number of hydrogen-bond acceptors (Lipinski definition) is 6. The Kier molecular flexibility index (Phi) is 8.94. The normalized spacial score (nSPS) is 26.6. The molecule has 0 saturated carbocycles. The summed E-state index contributed by atoms with van der Waals surface area (Å²) in [5.41, 5.74) is 11.4. The molecule has 2 bridgehead atoms. The van der Waals surface area contributed by atoms with Gasteiger partial charge in [0.2, 0.25) is 0 Å². The first-order valence-corrected chi connectivity index (χ1v) is 13.0. The lowest BCUT2D eigenvalue weighted by molar-refractivity contribution is -0.0280. The molecule has 6 nitrogen and oxygen atoms in total. The Labute approximate surface area is 211 Å². The standard InChI is InChI=1S/C19H24N2.C10H17N3O/c1-16-3-7-18(8-4-16)19-9-5-17(6-10-19)15-21-13-11-20(2)12-14-21;11-3-4-13-7-10(12)5-8-1-2-9(6-10)14-8/h3-10H,11-15H2,1-2H3;8-9,13H,1-2,4-7,12H2. The van der Waals surface area contributed by atoms with Crippen LogP contribution in [-0.4, -0.2) is 73.9 Å². The first kappa shape index (κ1) is 25.8. The molecular weight excluding hydrogens is 434 g/mol. The zero-order chi connectivity index (χ0) is 24.7. The third-order valence-corrected chi connectivity index (χ3v) is 7.49. The summed E-state index contributed by atoms with van der Waals surface area (Å²) in [6.07, 6.45) is 4.90. The molecule has 3 aliphatic heterocycles. The molecule has 3 saturated heterocycles. The molecular formula is C29H41N5O. The van der Waals surface area contributed by atoms with Crippen LogP contribution in [0.5, 0.6) is 0 Å². The lowest BCUT2D eigenvalue weighted by Gasteiger charge is -2.37. The number of fused-ring (bicyclic) bond motifs is 2. The monoisotopic (exact) mass is 475 g/mol. The van der Waals surface area contributed by atoms with E-state index in [0.717, 1.165) is 38.8 Å². The van der Waals surface area contributed by atoms with Crippen molar-refractivity contribution in [3.05, 3.63) is 59.7 Å². The highest BCUT2D eigenvalue weighted by Gasteiger charge is 2.42. The number of rotatable bonds is 6. The van der Waals surface area contributed by atoms with Gasteiger partial charge in [0.1, 0.15) is 0 Å². The average Bonchev–Trinajstić information content (AvgIpc) is 3.21. The number of aryl methyl sites for hydroxylation is 1. The summed E-state index contributed by atoms with van der Waals surface area (Å²) in [5.74, 6) is 0. The van der Waals surface area contributed by atoms with Crippen molar-refractivity contribution in [1.29, 1.82) is 5.26 Å². The van der Waals surface area contributed by atoms with Gasteiger partial charge < -0.3 is 20.7 Å². The fourth-order valence-corrected chi connectivity index (χ4v) is 5.40. The van der Waals surface area contributed by atoms with Crippen molar-refractivity contribution in [2.45, 2.75) is 56.9 Å². The Morgan fingerprint density at radius 3 is 2.11 bits per heavy atom. The number of ether oxygens (including phenoxy) is 1. The zero-order valence-corrected chi connectivity index (χ0v) is 21.4. The molecule has 2 aromatic rings. The molecule has 188 valence electrons. The van der Waals surface area contributed by atoms with Gasteiger partial charge in [0.05, 0.1) is 24.8 Å². The maximum absolute atomic E-state index is 8.42. The first-order chi connectivity index (χ1) is 16.9. The smallest absolute Gasteiger partial charge is 0.0841 e. The first-order valence-electron chi connectivity index (χ1n) is 13.0. The van der Waals surface area contributed by atoms with E-state index in [0.29, 0.717) is 18.8 Å². The molecule has 3 fully saturated rings. The van der Waals surface area contributed by atoms with Gasteiger partial charge in [0, 0.05) is 44.8 Å². The molecule has 0 amide bonds. The highest BCUT2D eigenvalue weighted by Crippen LogP contribution is 2.36. The highest BCUT2D eigenvalue weighted by atomic mass is 16.5. The third kappa shape index (κ3) is 7.60. The van der Waals surface area contributed by atoms with Crippen molar-refractivity contribution in [2.75, 3.05) is 46.3 Å². The van der Waals surface area contributed by atoms with Crippen molar-refractivity contribution < 1.29 is 4.74 Å². The quantitative estimate of drug-likeness (QED) is 0.492. The van der Waals surface area contributed by atoms with Crippen LogP contribution in [-0.2, 0) is 11.3 Å². The lowest BCUT2D eigenvalue weighted by Crippen LogP contribution is -2.54. The Hall–Kier alpha value is -2.27. The summed E-state index contributed by atoms with van der Waals surface area (Å²) in [7, 11) is 2.20. The average molecular weight is 476 g/mol. The zero-order valence-electron chi connectivity index (χ0n) is 21.4. The Balaban J connectivity index is 0.000000179. The number of likely N-dealkylation sites (N-methyl/N-ethyl adjacent to an activating group) is 1. The van der Waals surface area contributed by atoms with E-state index in [2.05, 4.69) is 83.7 Å². The van der Waals surface area contributed by atoms with Crippen LogP contribution in [0.15, 0.2) is 48.5 Å². The predicted octanol–water partition coefficient (Wildman–Crippen LogP) is 3.55.